The highest BCUT2D eigenvalue weighted by atomic mass is 31.0. The minimum Gasteiger partial charge on any atom is -0.374 e. The van der Waals surface area contributed by atoms with Crippen molar-refractivity contribution < 1.29 is 4.74 Å². The van der Waals surface area contributed by atoms with E-state index < -0.39 is 0 Å². The van der Waals surface area contributed by atoms with E-state index in [1.807, 2.05) is 0 Å². The monoisotopic (exact) mass is 160 g/mol. The maximum Gasteiger partial charge on any atom is 0.0606 e. The molecule has 0 aromatic rings. The quantitative estimate of drug-likeness (QED) is 0.564. The Balaban J connectivity index is 2.13. The smallest absolute Gasteiger partial charge is 0.0606 e. The van der Waals surface area contributed by atoms with Gasteiger partial charge in [0.05, 0.1) is 12.5 Å². The fourth-order valence-electron chi connectivity index (χ4n) is 1.53. The lowest BCUT2D eigenvalue weighted by atomic mass is 9.89. The van der Waals surface area contributed by atoms with Gasteiger partial charge >= 0.3 is 0 Å². The van der Waals surface area contributed by atoms with Crippen LogP contribution in [0.5, 0.6) is 0 Å². The molecule has 60 valence electrons. The Morgan fingerprint density at radius 3 is 2.40 bits per heavy atom. The first kappa shape index (κ1) is 8.49. The predicted octanol–water partition coefficient (Wildman–Crippen LogP) is 2.41. The molecule has 1 rings (SSSR count). The van der Waals surface area contributed by atoms with E-state index in [0.717, 1.165) is 12.3 Å². The van der Waals surface area contributed by atoms with Crippen LogP contribution in [0.15, 0.2) is 0 Å². The Bertz CT molecular complexity index is 87.3. The number of rotatable bonds is 2. The van der Waals surface area contributed by atoms with Crippen LogP contribution in [0.25, 0.3) is 0 Å². The molecule has 0 radical (unpaired) electrons. The van der Waals surface area contributed by atoms with Crippen molar-refractivity contribution in [3.05, 3.63) is 0 Å². The molecule has 0 aromatic heterocycles. The maximum absolute atomic E-state index is 5.49. The normalized spacial score (nSPS) is 34.2. The Hall–Kier alpha value is 0.390. The Morgan fingerprint density at radius 2 is 1.90 bits per heavy atom. The molecule has 0 saturated heterocycles. The molecule has 1 fully saturated rings. The zero-order chi connectivity index (χ0) is 7.40. The summed E-state index contributed by atoms with van der Waals surface area (Å²) in [6.45, 7) is 2.33. The summed E-state index contributed by atoms with van der Waals surface area (Å²) in [5.74, 6) is 0.935. The molecule has 1 aliphatic carbocycles. The van der Waals surface area contributed by atoms with E-state index in [0.29, 0.717) is 6.10 Å². The van der Waals surface area contributed by atoms with E-state index in [1.165, 1.54) is 25.7 Å². The molecule has 0 aliphatic heterocycles. The second kappa shape index (κ2) is 4.31. The second-order valence-corrected chi connectivity index (χ2v) is 3.55. The first-order valence-corrected chi connectivity index (χ1v) is 4.96. The van der Waals surface area contributed by atoms with Crippen molar-refractivity contribution >= 4 is 9.24 Å². The van der Waals surface area contributed by atoms with Gasteiger partial charge in [-0.25, -0.2) is 0 Å². The fourth-order valence-corrected chi connectivity index (χ4v) is 1.80. The molecular formula is C8H17OP. The Labute approximate surface area is 65.7 Å². The molecule has 0 spiro atoms. The van der Waals surface area contributed by atoms with E-state index >= 15 is 0 Å². The van der Waals surface area contributed by atoms with Crippen molar-refractivity contribution in [1.29, 1.82) is 0 Å². The van der Waals surface area contributed by atoms with Crippen LogP contribution >= 0.6 is 9.24 Å². The molecule has 1 atom stereocenters. The van der Waals surface area contributed by atoms with Gasteiger partial charge in [-0.2, -0.15) is 0 Å². The van der Waals surface area contributed by atoms with Crippen LogP contribution < -0.4 is 0 Å². The van der Waals surface area contributed by atoms with Crippen LogP contribution in [0, 0.1) is 5.92 Å². The SMILES string of the molecule is CC1CCC(OCP)CC1. The average Bonchev–Trinajstić information content (AvgIpc) is 1.95. The highest BCUT2D eigenvalue weighted by molar-refractivity contribution is 7.16. The highest BCUT2D eigenvalue weighted by Gasteiger charge is 2.17. The van der Waals surface area contributed by atoms with Gasteiger partial charge in [0.25, 0.3) is 0 Å². The first-order chi connectivity index (χ1) is 4.83. The molecule has 1 unspecified atom stereocenters. The Kier molecular flexibility index (Phi) is 3.65. The van der Waals surface area contributed by atoms with Crippen molar-refractivity contribution in [1.82, 2.24) is 0 Å². The summed E-state index contributed by atoms with van der Waals surface area (Å²) in [7, 11) is 2.61. The number of hydrogen-bond acceptors (Lipinski definition) is 1. The minimum atomic E-state index is 0.564. The molecule has 2 heteroatoms. The van der Waals surface area contributed by atoms with E-state index in [4.69, 9.17) is 4.74 Å². The fraction of sp³-hybridized carbons (Fsp3) is 1.00. The molecular weight excluding hydrogens is 143 g/mol. The maximum atomic E-state index is 5.49. The van der Waals surface area contributed by atoms with Crippen molar-refractivity contribution in [2.24, 2.45) is 5.92 Å². The summed E-state index contributed by atoms with van der Waals surface area (Å²) in [5.41, 5.74) is 0. The summed E-state index contributed by atoms with van der Waals surface area (Å²) >= 11 is 0. The molecule has 0 amide bonds. The van der Waals surface area contributed by atoms with Gasteiger partial charge in [0, 0.05) is 0 Å². The third-order valence-electron chi connectivity index (χ3n) is 2.29. The number of ether oxygens (including phenoxy) is 1. The van der Waals surface area contributed by atoms with Gasteiger partial charge in [-0.15, -0.1) is 9.24 Å². The third kappa shape index (κ3) is 2.56. The summed E-state index contributed by atoms with van der Waals surface area (Å²) in [6.07, 6.45) is 6.63. The average molecular weight is 160 g/mol. The lowest BCUT2D eigenvalue weighted by Crippen LogP contribution is -2.19. The molecule has 0 heterocycles. The topological polar surface area (TPSA) is 9.23 Å². The van der Waals surface area contributed by atoms with Crippen LogP contribution in [0.2, 0.25) is 0 Å². The van der Waals surface area contributed by atoms with Crippen LogP contribution in [0.3, 0.4) is 0 Å². The predicted molar refractivity (Wildman–Crippen MR) is 47.1 cm³/mol. The zero-order valence-corrected chi connectivity index (χ0v) is 7.83. The summed E-state index contributed by atoms with van der Waals surface area (Å²) in [5, 5.41) is 0. The molecule has 1 nitrogen and oxygen atoms in total. The van der Waals surface area contributed by atoms with Crippen LogP contribution in [-0.2, 0) is 4.74 Å². The standard InChI is InChI=1S/C8H17OP/c1-7-2-4-8(5-3-7)9-6-10/h7-8H,2-6,10H2,1H3. The summed E-state index contributed by atoms with van der Waals surface area (Å²) < 4.78 is 5.49. The lowest BCUT2D eigenvalue weighted by Gasteiger charge is -2.25. The van der Waals surface area contributed by atoms with Gasteiger partial charge in [0.1, 0.15) is 0 Å². The van der Waals surface area contributed by atoms with Gasteiger partial charge in [0.15, 0.2) is 0 Å². The minimum absolute atomic E-state index is 0.564. The van der Waals surface area contributed by atoms with Crippen molar-refractivity contribution in [3.63, 3.8) is 0 Å². The van der Waals surface area contributed by atoms with Crippen LogP contribution in [0.4, 0.5) is 0 Å². The molecule has 0 aromatic carbocycles. The van der Waals surface area contributed by atoms with Crippen molar-refractivity contribution in [2.45, 2.75) is 38.7 Å². The van der Waals surface area contributed by atoms with Gasteiger partial charge < -0.3 is 4.74 Å². The van der Waals surface area contributed by atoms with Crippen molar-refractivity contribution in [2.75, 3.05) is 6.35 Å². The van der Waals surface area contributed by atoms with E-state index in [1.54, 1.807) is 0 Å². The van der Waals surface area contributed by atoms with Gasteiger partial charge in [-0.05, 0) is 31.6 Å². The molecule has 10 heavy (non-hydrogen) atoms. The molecule has 1 aliphatic rings. The molecule has 0 bridgehead atoms. The van der Waals surface area contributed by atoms with Gasteiger partial charge in [-0.1, -0.05) is 6.92 Å². The van der Waals surface area contributed by atoms with E-state index in [-0.39, 0.29) is 0 Å². The summed E-state index contributed by atoms with van der Waals surface area (Å²) in [4.78, 5) is 0. The zero-order valence-electron chi connectivity index (χ0n) is 6.68. The van der Waals surface area contributed by atoms with Crippen LogP contribution in [-0.4, -0.2) is 12.5 Å². The molecule has 1 saturated carbocycles. The van der Waals surface area contributed by atoms with E-state index in [9.17, 15) is 0 Å². The first-order valence-electron chi connectivity index (χ1n) is 4.14. The number of hydrogen-bond donors (Lipinski definition) is 0. The third-order valence-corrected chi connectivity index (χ3v) is 2.49. The van der Waals surface area contributed by atoms with Crippen molar-refractivity contribution in [3.8, 4) is 0 Å². The Morgan fingerprint density at radius 1 is 1.30 bits per heavy atom. The van der Waals surface area contributed by atoms with Gasteiger partial charge in [0.2, 0.25) is 0 Å². The highest BCUT2D eigenvalue weighted by Crippen LogP contribution is 2.25. The summed E-state index contributed by atoms with van der Waals surface area (Å²) in [6, 6.07) is 0. The van der Waals surface area contributed by atoms with E-state index in [2.05, 4.69) is 16.2 Å². The largest absolute Gasteiger partial charge is 0.374 e. The second-order valence-electron chi connectivity index (χ2n) is 3.22. The van der Waals surface area contributed by atoms with Crippen LogP contribution in [0.1, 0.15) is 32.6 Å². The van der Waals surface area contributed by atoms with Gasteiger partial charge in [-0.3, -0.25) is 0 Å². The molecule has 0 N–H and O–H groups in total. The lowest BCUT2D eigenvalue weighted by molar-refractivity contribution is 0.0491.